The molecule has 1 saturated carbocycles. The molecular weight excluding hydrogens is 422 g/mol. The van der Waals surface area contributed by atoms with Crippen LogP contribution in [0.15, 0.2) is 75.9 Å². The Morgan fingerprint density at radius 1 is 0.938 bits per heavy atom. The second kappa shape index (κ2) is 7.05. The van der Waals surface area contributed by atoms with Gasteiger partial charge in [0.25, 0.3) is 0 Å². The van der Waals surface area contributed by atoms with Gasteiger partial charge in [-0.25, -0.2) is 0 Å². The van der Waals surface area contributed by atoms with Crippen LogP contribution in [0.4, 0.5) is 0 Å². The average Bonchev–Trinajstić information content (AvgIpc) is 3.19. The molecule has 6 rings (SSSR count). The van der Waals surface area contributed by atoms with Crippen LogP contribution in [0.1, 0.15) is 24.8 Å². The summed E-state index contributed by atoms with van der Waals surface area (Å²) in [7, 11) is 0. The molecule has 2 heterocycles. The Bertz CT molecular complexity index is 1530. The van der Waals surface area contributed by atoms with E-state index in [2.05, 4.69) is 10.2 Å². The Balaban J connectivity index is 1.64. The minimum atomic E-state index is -0.250. The van der Waals surface area contributed by atoms with Crippen LogP contribution in [0.5, 0.6) is 0 Å². The van der Waals surface area contributed by atoms with Crippen LogP contribution in [0.25, 0.3) is 44.3 Å². The van der Waals surface area contributed by atoms with Gasteiger partial charge in [0.05, 0.1) is 10.9 Å². The monoisotopic (exact) mass is 441 g/mol. The van der Waals surface area contributed by atoms with Crippen LogP contribution in [-0.4, -0.2) is 10.2 Å². The highest BCUT2D eigenvalue weighted by Crippen LogP contribution is 2.40. The van der Waals surface area contributed by atoms with Crippen LogP contribution in [0, 0.1) is 0 Å². The zero-order chi connectivity index (χ0) is 21.9. The van der Waals surface area contributed by atoms with Crippen LogP contribution in [0.3, 0.4) is 0 Å². The van der Waals surface area contributed by atoms with Crippen molar-refractivity contribution in [1.82, 2.24) is 10.2 Å². The number of H-pyrrole nitrogens is 1. The van der Waals surface area contributed by atoms with Gasteiger partial charge in [-0.15, -0.1) is 0 Å². The Morgan fingerprint density at radius 2 is 1.66 bits per heavy atom. The summed E-state index contributed by atoms with van der Waals surface area (Å²) < 4.78 is 6.42. The topological polar surface area (TPSA) is 84.9 Å². The van der Waals surface area contributed by atoms with Crippen molar-refractivity contribution in [2.75, 3.05) is 0 Å². The fourth-order valence-corrected chi connectivity index (χ4v) is 4.78. The third-order valence-corrected chi connectivity index (χ3v) is 6.87. The van der Waals surface area contributed by atoms with Gasteiger partial charge < -0.3 is 10.2 Å². The number of nitrogens with zero attached hydrogens (tertiary/aromatic N) is 1. The Morgan fingerprint density at radius 3 is 2.34 bits per heavy atom. The lowest BCUT2D eigenvalue weighted by molar-refractivity contribution is 0.253. The molecule has 5 nitrogen and oxygen atoms in total. The first kappa shape index (κ1) is 19.3. The Hall–Kier alpha value is -3.41. The van der Waals surface area contributed by atoms with Gasteiger partial charge in [-0.2, -0.15) is 5.10 Å². The molecule has 0 aliphatic heterocycles. The van der Waals surface area contributed by atoms with Crippen LogP contribution in [0.2, 0.25) is 5.15 Å². The summed E-state index contributed by atoms with van der Waals surface area (Å²) in [6.07, 6.45) is 3.13. The van der Waals surface area contributed by atoms with E-state index < -0.39 is 0 Å². The summed E-state index contributed by atoms with van der Waals surface area (Å²) in [5.74, 6) is 0.514. The summed E-state index contributed by atoms with van der Waals surface area (Å²) in [5, 5.41) is 8.51. The van der Waals surface area contributed by atoms with E-state index >= 15 is 0 Å². The highest BCUT2D eigenvalue weighted by molar-refractivity contribution is 6.35. The lowest BCUT2D eigenvalue weighted by atomic mass is 9.72. The van der Waals surface area contributed by atoms with Gasteiger partial charge in [-0.3, -0.25) is 9.89 Å². The summed E-state index contributed by atoms with van der Waals surface area (Å²) in [5.41, 5.74) is 10.5. The number of rotatable bonds is 3. The second-order valence-corrected chi connectivity index (χ2v) is 8.83. The maximum absolute atomic E-state index is 13.8. The lowest BCUT2D eigenvalue weighted by Gasteiger charge is -2.38. The van der Waals surface area contributed by atoms with Gasteiger partial charge in [-0.1, -0.05) is 66.2 Å². The minimum absolute atomic E-state index is 0.100. The summed E-state index contributed by atoms with van der Waals surface area (Å²) in [4.78, 5) is 13.8. The lowest BCUT2D eigenvalue weighted by Crippen LogP contribution is -2.43. The second-order valence-electron chi connectivity index (χ2n) is 8.47. The van der Waals surface area contributed by atoms with Gasteiger partial charge in [-0.05, 0) is 42.5 Å². The molecule has 158 valence electrons. The number of aromatic nitrogens is 2. The highest BCUT2D eigenvalue weighted by atomic mass is 35.5. The van der Waals surface area contributed by atoms with Crippen molar-refractivity contribution in [2.45, 2.75) is 24.8 Å². The molecule has 1 aliphatic carbocycles. The van der Waals surface area contributed by atoms with Gasteiger partial charge in [0.1, 0.15) is 11.3 Å². The fourth-order valence-electron chi connectivity index (χ4n) is 4.58. The number of benzene rings is 3. The molecule has 3 N–H and O–H groups in total. The van der Waals surface area contributed by atoms with E-state index in [-0.39, 0.29) is 11.0 Å². The van der Waals surface area contributed by atoms with Crippen molar-refractivity contribution in [3.05, 3.63) is 87.7 Å². The quantitative estimate of drug-likeness (QED) is 0.360. The number of hydrogen-bond donors (Lipinski definition) is 2. The van der Waals surface area contributed by atoms with E-state index in [1.807, 2.05) is 54.6 Å². The van der Waals surface area contributed by atoms with Crippen LogP contribution in [-0.2, 0) is 5.54 Å². The molecule has 0 bridgehead atoms. The molecule has 6 heteroatoms. The standard InChI is InChI=1S/C26H20ClN3O2/c27-25-18-11-12-19-22(31)20(15-7-9-17(10-8-15)26(28)13-4-14-26)23(16-5-2-1-3-6-16)32-24(19)21(18)29-30-25/h1-3,5-12H,4,13-14,28H2,(H,29,30). The largest absolute Gasteiger partial charge is 0.453 e. The molecule has 0 spiro atoms. The van der Waals surface area contributed by atoms with Crippen molar-refractivity contribution in [3.63, 3.8) is 0 Å². The zero-order valence-corrected chi connectivity index (χ0v) is 17.9. The summed E-state index contributed by atoms with van der Waals surface area (Å²) in [6, 6.07) is 21.2. The van der Waals surface area contributed by atoms with Gasteiger partial charge >= 0.3 is 0 Å². The third kappa shape index (κ3) is 2.82. The average molecular weight is 442 g/mol. The number of nitrogens with one attached hydrogen (secondary N) is 1. The molecule has 1 fully saturated rings. The molecule has 3 aromatic carbocycles. The number of halogens is 1. The normalized spacial score (nSPS) is 15.2. The van der Waals surface area contributed by atoms with Crippen molar-refractivity contribution in [3.8, 4) is 22.5 Å². The van der Waals surface area contributed by atoms with Crippen molar-refractivity contribution < 1.29 is 4.42 Å². The highest BCUT2D eigenvalue weighted by Gasteiger charge is 2.34. The molecule has 5 aromatic rings. The molecule has 32 heavy (non-hydrogen) atoms. The molecular formula is C26H20ClN3O2. The summed E-state index contributed by atoms with van der Waals surface area (Å²) >= 11 is 6.19. The van der Waals surface area contributed by atoms with E-state index in [9.17, 15) is 4.79 Å². The Kier molecular flexibility index (Phi) is 4.25. The minimum Gasteiger partial charge on any atom is -0.453 e. The molecule has 0 unspecified atom stereocenters. The zero-order valence-electron chi connectivity index (χ0n) is 17.2. The molecule has 0 radical (unpaired) electrons. The van der Waals surface area contributed by atoms with Crippen molar-refractivity contribution in [2.24, 2.45) is 5.73 Å². The van der Waals surface area contributed by atoms with Gasteiger partial charge in [0.15, 0.2) is 10.7 Å². The van der Waals surface area contributed by atoms with E-state index in [1.165, 1.54) is 0 Å². The molecule has 2 aromatic heterocycles. The van der Waals surface area contributed by atoms with E-state index in [1.54, 1.807) is 12.1 Å². The maximum Gasteiger partial charge on any atom is 0.201 e. The molecule has 0 atom stereocenters. The predicted octanol–water partition coefficient (Wildman–Crippen LogP) is 5.99. The van der Waals surface area contributed by atoms with Gasteiger partial charge in [0, 0.05) is 16.5 Å². The van der Waals surface area contributed by atoms with Gasteiger partial charge in [0.2, 0.25) is 5.43 Å². The number of hydrogen-bond acceptors (Lipinski definition) is 4. The van der Waals surface area contributed by atoms with Crippen molar-refractivity contribution >= 4 is 33.5 Å². The first-order valence-corrected chi connectivity index (χ1v) is 11.0. The SMILES string of the molecule is NC1(c2ccc(-c3c(-c4ccccc4)oc4c(ccc5c(Cl)n[nH]c54)c3=O)cc2)CCC1. The van der Waals surface area contributed by atoms with Crippen LogP contribution < -0.4 is 11.2 Å². The molecule has 0 amide bonds. The molecule has 1 aliphatic rings. The Labute approximate surface area is 188 Å². The molecule has 0 saturated heterocycles. The van der Waals surface area contributed by atoms with Crippen LogP contribution >= 0.6 is 11.6 Å². The van der Waals surface area contributed by atoms with E-state index in [0.29, 0.717) is 38.3 Å². The van der Waals surface area contributed by atoms with Crippen molar-refractivity contribution in [1.29, 1.82) is 0 Å². The number of nitrogens with two attached hydrogens (primary N) is 1. The predicted molar refractivity (Wildman–Crippen MR) is 128 cm³/mol. The smallest absolute Gasteiger partial charge is 0.201 e. The first-order chi connectivity index (χ1) is 15.5. The van der Waals surface area contributed by atoms with E-state index in [4.69, 9.17) is 21.8 Å². The summed E-state index contributed by atoms with van der Waals surface area (Å²) in [6.45, 7) is 0. The maximum atomic E-state index is 13.8. The first-order valence-electron chi connectivity index (χ1n) is 10.6. The number of fused-ring (bicyclic) bond motifs is 3. The van der Waals surface area contributed by atoms with E-state index in [0.717, 1.165) is 36.0 Å². The third-order valence-electron chi connectivity index (χ3n) is 6.58. The number of aromatic amines is 1. The fraction of sp³-hybridized carbons (Fsp3) is 0.154.